The van der Waals surface area contributed by atoms with Crippen LogP contribution in [0.1, 0.15) is 33.5 Å². The summed E-state index contributed by atoms with van der Waals surface area (Å²) < 4.78 is 0. The van der Waals surface area contributed by atoms with Crippen LogP contribution in [0, 0.1) is 13.8 Å². The van der Waals surface area contributed by atoms with E-state index in [-0.39, 0.29) is 5.91 Å². The maximum Gasteiger partial charge on any atom is 0.255 e. The third-order valence-electron chi connectivity index (χ3n) is 3.63. The number of carbonyl (C=O) groups excluding carboxylic acids is 1. The van der Waals surface area contributed by atoms with Crippen molar-refractivity contribution in [2.45, 2.75) is 26.7 Å². The zero-order chi connectivity index (χ0) is 15.2. The molecule has 0 aliphatic carbocycles. The van der Waals surface area contributed by atoms with Gasteiger partial charge in [-0.05, 0) is 61.6 Å². The highest BCUT2D eigenvalue weighted by molar-refractivity contribution is 9.09. The van der Waals surface area contributed by atoms with Crippen LogP contribution < -0.4 is 5.32 Å². The quantitative estimate of drug-likeness (QED) is 0.768. The van der Waals surface area contributed by atoms with Crippen molar-refractivity contribution < 1.29 is 4.79 Å². The molecule has 21 heavy (non-hydrogen) atoms. The van der Waals surface area contributed by atoms with Gasteiger partial charge in [0.2, 0.25) is 0 Å². The highest BCUT2D eigenvalue weighted by Crippen LogP contribution is 2.17. The van der Waals surface area contributed by atoms with E-state index in [4.69, 9.17) is 0 Å². The molecule has 0 spiro atoms. The second-order valence-corrected chi connectivity index (χ2v) is 5.99. The summed E-state index contributed by atoms with van der Waals surface area (Å²) in [7, 11) is 0. The molecule has 2 nitrogen and oxygen atoms in total. The Balaban J connectivity index is 2.14. The van der Waals surface area contributed by atoms with E-state index in [2.05, 4.69) is 27.3 Å². The molecular weight excluding hydrogens is 326 g/mol. The smallest absolute Gasteiger partial charge is 0.255 e. The zero-order valence-corrected chi connectivity index (χ0v) is 14.0. The molecule has 0 saturated carbocycles. The Morgan fingerprint density at radius 1 is 1.14 bits per heavy atom. The van der Waals surface area contributed by atoms with Gasteiger partial charge in [0.1, 0.15) is 0 Å². The van der Waals surface area contributed by atoms with Crippen LogP contribution in [0.2, 0.25) is 0 Å². The zero-order valence-electron chi connectivity index (χ0n) is 12.4. The van der Waals surface area contributed by atoms with Gasteiger partial charge in [-0.2, -0.15) is 0 Å². The molecule has 2 rings (SSSR count). The van der Waals surface area contributed by atoms with Gasteiger partial charge in [0.25, 0.3) is 5.91 Å². The molecule has 0 saturated heterocycles. The first-order valence-corrected chi connectivity index (χ1v) is 8.26. The molecule has 0 aliphatic rings. The summed E-state index contributed by atoms with van der Waals surface area (Å²) in [6, 6.07) is 13.9. The third-order valence-corrected chi connectivity index (χ3v) is 4.19. The summed E-state index contributed by atoms with van der Waals surface area (Å²) in [5, 5.41) is 3.98. The van der Waals surface area contributed by atoms with Crippen LogP contribution in [0.5, 0.6) is 0 Å². The lowest BCUT2D eigenvalue weighted by atomic mass is 10.0. The summed E-state index contributed by atoms with van der Waals surface area (Å²) in [5.74, 6) is -0.0474. The molecule has 0 unspecified atom stereocenters. The van der Waals surface area contributed by atoms with Crippen LogP contribution >= 0.6 is 15.9 Å². The molecule has 1 amide bonds. The van der Waals surface area contributed by atoms with Crippen LogP contribution in [-0.2, 0) is 6.42 Å². The first-order valence-electron chi connectivity index (χ1n) is 7.14. The van der Waals surface area contributed by atoms with E-state index in [1.807, 2.05) is 50.2 Å². The van der Waals surface area contributed by atoms with Crippen molar-refractivity contribution in [2.24, 2.45) is 0 Å². The molecule has 0 heterocycles. The van der Waals surface area contributed by atoms with Crippen molar-refractivity contribution >= 4 is 27.5 Å². The number of aryl methyl sites for hydroxylation is 2. The Hall–Kier alpha value is -1.61. The number of rotatable bonds is 5. The molecule has 0 atom stereocenters. The number of halogens is 1. The summed E-state index contributed by atoms with van der Waals surface area (Å²) in [6.07, 6.45) is 2.10. The van der Waals surface area contributed by atoms with Gasteiger partial charge in [-0.3, -0.25) is 4.79 Å². The molecule has 0 fully saturated rings. The van der Waals surface area contributed by atoms with Crippen LogP contribution in [0.4, 0.5) is 5.69 Å². The normalized spacial score (nSPS) is 10.4. The average Bonchev–Trinajstić information content (AvgIpc) is 2.48. The summed E-state index contributed by atoms with van der Waals surface area (Å²) in [4.78, 5) is 12.4. The van der Waals surface area contributed by atoms with Gasteiger partial charge >= 0.3 is 0 Å². The third kappa shape index (κ3) is 4.18. The largest absolute Gasteiger partial charge is 0.322 e. The lowest BCUT2D eigenvalue weighted by molar-refractivity contribution is 0.102. The van der Waals surface area contributed by atoms with Gasteiger partial charge in [0, 0.05) is 16.6 Å². The topological polar surface area (TPSA) is 29.1 Å². The maximum absolute atomic E-state index is 12.4. The molecule has 1 N–H and O–H groups in total. The Morgan fingerprint density at radius 3 is 2.67 bits per heavy atom. The monoisotopic (exact) mass is 345 g/mol. The number of carbonyl (C=O) groups is 1. The fourth-order valence-electron chi connectivity index (χ4n) is 2.27. The standard InChI is InChI=1S/C18H20BrNO/c1-13-6-3-10-17(14(13)2)18(21)20-16-9-4-7-15(12-16)8-5-11-19/h3-4,6-7,9-10,12H,5,8,11H2,1-2H3,(H,20,21). The van der Waals surface area contributed by atoms with Gasteiger partial charge < -0.3 is 5.32 Å². The minimum atomic E-state index is -0.0474. The summed E-state index contributed by atoms with van der Waals surface area (Å²) in [6.45, 7) is 4.00. The molecular formula is C18H20BrNO. The fraction of sp³-hybridized carbons (Fsp3) is 0.278. The Kier molecular flexibility index (Phi) is 5.57. The van der Waals surface area contributed by atoms with Crippen LogP contribution in [0.3, 0.4) is 0 Å². The number of hydrogen-bond acceptors (Lipinski definition) is 1. The highest BCUT2D eigenvalue weighted by atomic mass is 79.9. The van der Waals surface area contributed by atoms with Gasteiger partial charge in [-0.1, -0.05) is 40.2 Å². The van der Waals surface area contributed by atoms with Crippen molar-refractivity contribution in [2.75, 3.05) is 10.6 Å². The molecule has 2 aromatic rings. The molecule has 2 aromatic carbocycles. The van der Waals surface area contributed by atoms with Gasteiger partial charge in [-0.15, -0.1) is 0 Å². The van der Waals surface area contributed by atoms with E-state index in [1.54, 1.807) is 0 Å². The maximum atomic E-state index is 12.4. The van der Waals surface area contributed by atoms with Gasteiger partial charge in [0.05, 0.1) is 0 Å². The lowest BCUT2D eigenvalue weighted by Crippen LogP contribution is -2.14. The number of nitrogens with one attached hydrogen (secondary N) is 1. The van der Waals surface area contributed by atoms with E-state index < -0.39 is 0 Å². The summed E-state index contributed by atoms with van der Waals surface area (Å²) in [5.41, 5.74) is 5.00. The van der Waals surface area contributed by atoms with Crippen molar-refractivity contribution in [3.05, 3.63) is 64.7 Å². The predicted molar refractivity (Wildman–Crippen MR) is 92.4 cm³/mol. The first kappa shape index (κ1) is 15.8. The van der Waals surface area contributed by atoms with Gasteiger partial charge in [-0.25, -0.2) is 0 Å². The Bertz CT molecular complexity index is 637. The highest BCUT2D eigenvalue weighted by Gasteiger charge is 2.10. The van der Waals surface area contributed by atoms with E-state index in [0.29, 0.717) is 0 Å². The Morgan fingerprint density at radius 2 is 1.90 bits per heavy atom. The lowest BCUT2D eigenvalue weighted by Gasteiger charge is -2.10. The number of amides is 1. The number of alkyl halides is 1. The molecule has 3 heteroatoms. The van der Waals surface area contributed by atoms with E-state index in [9.17, 15) is 4.79 Å². The van der Waals surface area contributed by atoms with Crippen molar-refractivity contribution in [3.63, 3.8) is 0 Å². The van der Waals surface area contributed by atoms with E-state index in [0.717, 1.165) is 40.5 Å². The van der Waals surface area contributed by atoms with E-state index >= 15 is 0 Å². The predicted octanol–water partition coefficient (Wildman–Crippen LogP) is 4.88. The summed E-state index contributed by atoms with van der Waals surface area (Å²) >= 11 is 3.44. The van der Waals surface area contributed by atoms with Gasteiger partial charge in [0.15, 0.2) is 0 Å². The molecule has 110 valence electrons. The minimum Gasteiger partial charge on any atom is -0.322 e. The van der Waals surface area contributed by atoms with Crippen molar-refractivity contribution in [1.29, 1.82) is 0 Å². The van der Waals surface area contributed by atoms with Crippen LogP contribution in [0.25, 0.3) is 0 Å². The number of anilines is 1. The minimum absolute atomic E-state index is 0.0474. The molecule has 0 bridgehead atoms. The van der Waals surface area contributed by atoms with Crippen molar-refractivity contribution in [1.82, 2.24) is 0 Å². The fourth-order valence-corrected chi connectivity index (χ4v) is 2.55. The number of hydrogen-bond donors (Lipinski definition) is 1. The Labute approximate surface area is 134 Å². The second kappa shape index (κ2) is 7.41. The molecule has 0 radical (unpaired) electrons. The van der Waals surface area contributed by atoms with E-state index in [1.165, 1.54) is 5.56 Å². The molecule has 0 aliphatic heterocycles. The molecule has 0 aromatic heterocycles. The second-order valence-electron chi connectivity index (χ2n) is 5.19. The first-order chi connectivity index (χ1) is 10.1. The number of benzene rings is 2. The van der Waals surface area contributed by atoms with Crippen LogP contribution in [-0.4, -0.2) is 11.2 Å². The van der Waals surface area contributed by atoms with Crippen LogP contribution in [0.15, 0.2) is 42.5 Å². The van der Waals surface area contributed by atoms with Crippen molar-refractivity contribution in [3.8, 4) is 0 Å². The SMILES string of the molecule is Cc1cccc(C(=O)Nc2cccc(CCCBr)c2)c1C. The average molecular weight is 346 g/mol.